The lowest BCUT2D eigenvalue weighted by molar-refractivity contribution is 0.113. The van der Waals surface area contributed by atoms with Gasteiger partial charge in [-0.1, -0.05) is 0 Å². The van der Waals surface area contributed by atoms with Crippen LogP contribution in [0, 0.1) is 6.92 Å². The molecular weight excluding hydrogens is 286 g/mol. The van der Waals surface area contributed by atoms with E-state index in [9.17, 15) is 0 Å². The lowest BCUT2D eigenvalue weighted by atomic mass is 10.0. The summed E-state index contributed by atoms with van der Waals surface area (Å²) in [6.45, 7) is 10.1. The van der Waals surface area contributed by atoms with Crippen molar-refractivity contribution in [2.75, 3.05) is 33.4 Å². The van der Waals surface area contributed by atoms with Crippen LogP contribution in [-0.2, 0) is 31.3 Å². The van der Waals surface area contributed by atoms with Gasteiger partial charge in [-0.05, 0) is 62.7 Å². The van der Waals surface area contributed by atoms with Gasteiger partial charge in [0.2, 0.25) is 0 Å². The van der Waals surface area contributed by atoms with E-state index in [2.05, 4.69) is 47.8 Å². The molecule has 0 saturated carbocycles. The molecule has 0 saturated heterocycles. The average molecular weight is 315 g/mol. The van der Waals surface area contributed by atoms with Gasteiger partial charge in [-0.2, -0.15) is 0 Å². The van der Waals surface area contributed by atoms with E-state index in [-0.39, 0.29) is 0 Å². The number of hydrogen-bond acceptors (Lipinski definition) is 3. The summed E-state index contributed by atoms with van der Waals surface area (Å²) in [6.07, 6.45) is 1.09. The third kappa shape index (κ3) is 3.16. The molecule has 0 amide bonds. The summed E-state index contributed by atoms with van der Waals surface area (Å²) in [7, 11) is 4.21. The van der Waals surface area contributed by atoms with Crippen LogP contribution in [0.5, 0.6) is 0 Å². The van der Waals surface area contributed by atoms with Crippen molar-refractivity contribution in [2.45, 2.75) is 33.4 Å². The van der Waals surface area contributed by atoms with Crippen LogP contribution in [0.2, 0.25) is 0 Å². The van der Waals surface area contributed by atoms with Gasteiger partial charge in [0.1, 0.15) is 0 Å². The molecule has 2 aromatic rings. The minimum atomic E-state index is 0.804. The predicted octanol–water partition coefficient (Wildman–Crippen LogP) is 2.60. The first kappa shape index (κ1) is 16.5. The summed E-state index contributed by atoms with van der Waals surface area (Å²) < 4.78 is 7.85. The maximum Gasteiger partial charge on any atom is 0.0593 e. The fourth-order valence-electron chi connectivity index (χ4n) is 3.67. The Morgan fingerprint density at radius 3 is 2.65 bits per heavy atom. The lowest BCUT2D eigenvalue weighted by Crippen LogP contribution is -2.21. The molecule has 0 unspecified atom stereocenters. The number of nitrogens with one attached hydrogen (secondary N) is 1. The molecule has 1 N–H and O–H groups in total. The first-order chi connectivity index (χ1) is 11.2. The molecule has 0 fully saturated rings. The minimum Gasteiger partial charge on any atom is -0.380 e. The van der Waals surface area contributed by atoms with E-state index in [4.69, 9.17) is 4.74 Å². The summed E-state index contributed by atoms with van der Waals surface area (Å²) in [5.74, 6) is 0. The number of nitrogens with zero attached hydrogens (tertiary/aromatic N) is 2. The first-order valence-corrected chi connectivity index (χ1v) is 8.70. The zero-order chi connectivity index (χ0) is 16.4. The second-order valence-electron chi connectivity index (χ2n) is 6.52. The van der Waals surface area contributed by atoms with Crippen LogP contribution in [0.25, 0.3) is 10.9 Å². The maximum absolute atomic E-state index is 5.50. The highest BCUT2D eigenvalue weighted by Crippen LogP contribution is 2.32. The van der Waals surface area contributed by atoms with Crippen molar-refractivity contribution in [3.63, 3.8) is 0 Å². The molecule has 126 valence electrons. The third-order valence-corrected chi connectivity index (χ3v) is 5.11. The van der Waals surface area contributed by atoms with E-state index in [1.807, 2.05) is 7.05 Å². The van der Waals surface area contributed by atoms with E-state index in [1.54, 1.807) is 0 Å². The van der Waals surface area contributed by atoms with Crippen molar-refractivity contribution in [2.24, 2.45) is 7.05 Å². The molecule has 4 nitrogen and oxygen atoms in total. The van der Waals surface area contributed by atoms with Gasteiger partial charge in [-0.15, -0.1) is 0 Å². The number of aryl methyl sites for hydroxylation is 1. The molecule has 0 aliphatic carbocycles. The molecule has 23 heavy (non-hydrogen) atoms. The quantitative estimate of drug-likeness (QED) is 0.797. The zero-order valence-electron chi connectivity index (χ0n) is 14.9. The number of benzene rings is 1. The molecule has 1 aliphatic rings. The Labute approximate surface area is 139 Å². The predicted molar refractivity (Wildman–Crippen MR) is 95.9 cm³/mol. The van der Waals surface area contributed by atoms with Gasteiger partial charge in [0.25, 0.3) is 0 Å². The molecule has 4 heteroatoms. The number of hydrogen-bond donors (Lipinski definition) is 1. The smallest absolute Gasteiger partial charge is 0.0593 e. The highest BCUT2D eigenvalue weighted by molar-refractivity contribution is 5.87. The molecule has 0 radical (unpaired) electrons. The van der Waals surface area contributed by atoms with Crippen LogP contribution in [-0.4, -0.2) is 42.8 Å². The van der Waals surface area contributed by atoms with Crippen molar-refractivity contribution in [1.29, 1.82) is 0 Å². The summed E-state index contributed by atoms with van der Waals surface area (Å²) >= 11 is 0. The van der Waals surface area contributed by atoms with E-state index in [1.165, 1.54) is 33.3 Å². The van der Waals surface area contributed by atoms with Gasteiger partial charge in [-0.3, -0.25) is 4.90 Å². The van der Waals surface area contributed by atoms with Crippen LogP contribution in [0.4, 0.5) is 0 Å². The summed E-state index contributed by atoms with van der Waals surface area (Å²) in [5.41, 5.74) is 7.23. The number of aromatic nitrogens is 1. The van der Waals surface area contributed by atoms with Crippen LogP contribution >= 0.6 is 0 Å². The summed E-state index contributed by atoms with van der Waals surface area (Å²) in [5, 5.41) is 4.71. The summed E-state index contributed by atoms with van der Waals surface area (Å²) in [4.78, 5) is 2.49. The molecule has 1 aliphatic heterocycles. The lowest BCUT2D eigenvalue weighted by Gasteiger charge is -2.13. The fraction of sp³-hybridized carbons (Fsp3) is 0.579. The minimum absolute atomic E-state index is 0.804. The average Bonchev–Trinajstić information content (AvgIpc) is 3.04. The number of likely N-dealkylation sites (N-methyl/N-ethyl adjacent to an activating group) is 1. The van der Waals surface area contributed by atoms with Gasteiger partial charge < -0.3 is 14.6 Å². The Hall–Kier alpha value is -1.36. The molecule has 0 bridgehead atoms. The molecule has 0 spiro atoms. The molecule has 3 rings (SSSR count). The largest absolute Gasteiger partial charge is 0.380 e. The Morgan fingerprint density at radius 2 is 1.96 bits per heavy atom. The molecule has 1 aromatic carbocycles. The van der Waals surface area contributed by atoms with E-state index < -0.39 is 0 Å². The van der Waals surface area contributed by atoms with E-state index >= 15 is 0 Å². The Bertz CT molecular complexity index is 690. The standard InChI is InChI=1S/C19H29N3O/c1-5-23-9-8-22-12-15-10-18-17(6-7-20-3)14(2)21(4)19(18)11-16(15)13-22/h10-11,20H,5-9,12-13H2,1-4H3. The first-order valence-electron chi connectivity index (χ1n) is 8.70. The van der Waals surface area contributed by atoms with Crippen LogP contribution in [0.15, 0.2) is 12.1 Å². The molecular formula is C19H29N3O. The van der Waals surface area contributed by atoms with Crippen molar-refractivity contribution >= 4 is 10.9 Å². The number of rotatable bonds is 7. The Morgan fingerprint density at radius 1 is 1.22 bits per heavy atom. The molecule has 1 aromatic heterocycles. The van der Waals surface area contributed by atoms with Crippen molar-refractivity contribution in [3.05, 3.63) is 34.5 Å². The number of fused-ring (bicyclic) bond motifs is 2. The Balaban J connectivity index is 1.87. The van der Waals surface area contributed by atoms with Gasteiger partial charge >= 0.3 is 0 Å². The van der Waals surface area contributed by atoms with Gasteiger partial charge in [-0.25, -0.2) is 0 Å². The van der Waals surface area contributed by atoms with E-state index in [0.717, 1.165) is 45.8 Å². The zero-order valence-corrected chi connectivity index (χ0v) is 14.9. The van der Waals surface area contributed by atoms with Gasteiger partial charge in [0.05, 0.1) is 6.61 Å². The molecule has 2 heterocycles. The van der Waals surface area contributed by atoms with Gasteiger partial charge in [0, 0.05) is 49.9 Å². The van der Waals surface area contributed by atoms with Crippen molar-refractivity contribution in [1.82, 2.24) is 14.8 Å². The SMILES string of the molecule is CCOCCN1Cc2cc3c(CCNC)c(C)n(C)c3cc2C1. The highest BCUT2D eigenvalue weighted by atomic mass is 16.5. The van der Waals surface area contributed by atoms with Crippen LogP contribution in [0.1, 0.15) is 29.3 Å². The Kier molecular flexibility index (Phi) is 5.05. The summed E-state index contributed by atoms with van der Waals surface area (Å²) in [6, 6.07) is 4.84. The third-order valence-electron chi connectivity index (χ3n) is 5.11. The normalized spacial score (nSPS) is 14.8. The van der Waals surface area contributed by atoms with Gasteiger partial charge in [0.15, 0.2) is 0 Å². The highest BCUT2D eigenvalue weighted by Gasteiger charge is 2.22. The van der Waals surface area contributed by atoms with Crippen LogP contribution < -0.4 is 5.32 Å². The second-order valence-corrected chi connectivity index (χ2v) is 6.52. The monoisotopic (exact) mass is 315 g/mol. The molecule has 0 atom stereocenters. The maximum atomic E-state index is 5.50. The topological polar surface area (TPSA) is 29.4 Å². The van der Waals surface area contributed by atoms with Crippen molar-refractivity contribution in [3.8, 4) is 0 Å². The number of ether oxygens (including phenoxy) is 1. The fourth-order valence-corrected chi connectivity index (χ4v) is 3.67. The van der Waals surface area contributed by atoms with Crippen molar-refractivity contribution < 1.29 is 4.74 Å². The second kappa shape index (κ2) is 7.04. The van der Waals surface area contributed by atoms with Crippen LogP contribution in [0.3, 0.4) is 0 Å². The van der Waals surface area contributed by atoms with E-state index in [0.29, 0.717) is 0 Å².